The van der Waals surface area contributed by atoms with E-state index >= 15 is 0 Å². The molecule has 4 nitrogen and oxygen atoms in total. The van der Waals surface area contributed by atoms with Gasteiger partial charge in [0.25, 0.3) is 0 Å². The highest BCUT2D eigenvalue weighted by Gasteiger charge is 2.41. The van der Waals surface area contributed by atoms with E-state index in [0.717, 1.165) is 38.5 Å². The van der Waals surface area contributed by atoms with E-state index in [1.54, 1.807) is 0 Å². The molecule has 1 amide bonds. The fraction of sp³-hybridized carbons (Fsp3) is 0.923. The first kappa shape index (κ1) is 12.8. The predicted molar refractivity (Wildman–Crippen MR) is 66.4 cm³/mol. The van der Waals surface area contributed by atoms with E-state index in [2.05, 4.69) is 0 Å². The topological polar surface area (TPSA) is 66.6 Å². The van der Waals surface area contributed by atoms with Gasteiger partial charge in [0.05, 0.1) is 12.1 Å². The molecular formula is C13H24N2O2. The molecule has 3 N–H and O–H groups in total. The normalized spacial score (nSPS) is 24.1. The average Bonchev–Trinajstić information content (AvgIpc) is 2.26. The Kier molecular flexibility index (Phi) is 4.05. The van der Waals surface area contributed by atoms with E-state index in [1.807, 2.05) is 4.90 Å². The van der Waals surface area contributed by atoms with Crippen LogP contribution >= 0.6 is 0 Å². The summed E-state index contributed by atoms with van der Waals surface area (Å²) in [6, 6.07) is 0.331. The Bertz CT molecular complexity index is 271. The maximum absolute atomic E-state index is 12.5. The summed E-state index contributed by atoms with van der Waals surface area (Å²) in [6.07, 6.45) is 8.25. The molecular weight excluding hydrogens is 216 g/mol. The largest absolute Gasteiger partial charge is 0.395 e. The van der Waals surface area contributed by atoms with Gasteiger partial charge in [0, 0.05) is 12.6 Å². The van der Waals surface area contributed by atoms with Crippen LogP contribution in [0.3, 0.4) is 0 Å². The van der Waals surface area contributed by atoms with Crippen molar-refractivity contribution in [3.63, 3.8) is 0 Å². The lowest BCUT2D eigenvalue weighted by atomic mass is 9.80. The van der Waals surface area contributed by atoms with E-state index < -0.39 is 5.54 Å². The third-order valence-corrected chi connectivity index (χ3v) is 4.29. The molecule has 0 saturated heterocycles. The highest BCUT2D eigenvalue weighted by molar-refractivity contribution is 5.86. The summed E-state index contributed by atoms with van der Waals surface area (Å²) < 4.78 is 0. The van der Waals surface area contributed by atoms with Gasteiger partial charge in [-0.3, -0.25) is 4.79 Å². The molecule has 98 valence electrons. The maximum atomic E-state index is 12.5. The molecule has 0 aromatic heterocycles. The fourth-order valence-electron chi connectivity index (χ4n) is 2.94. The molecule has 0 unspecified atom stereocenters. The van der Waals surface area contributed by atoms with Crippen molar-refractivity contribution in [1.82, 2.24) is 4.90 Å². The minimum Gasteiger partial charge on any atom is -0.395 e. The van der Waals surface area contributed by atoms with Crippen LogP contribution in [0.15, 0.2) is 0 Å². The highest BCUT2D eigenvalue weighted by atomic mass is 16.3. The van der Waals surface area contributed by atoms with Gasteiger partial charge in [-0.1, -0.05) is 19.3 Å². The molecule has 0 aromatic carbocycles. The van der Waals surface area contributed by atoms with Crippen LogP contribution in [-0.4, -0.2) is 40.6 Å². The zero-order valence-electron chi connectivity index (χ0n) is 10.5. The summed E-state index contributed by atoms with van der Waals surface area (Å²) in [4.78, 5) is 14.4. The Morgan fingerprint density at radius 2 is 1.88 bits per heavy atom. The molecule has 0 aliphatic heterocycles. The van der Waals surface area contributed by atoms with Crippen LogP contribution in [0.25, 0.3) is 0 Å². The molecule has 0 bridgehead atoms. The number of hydrogen-bond donors (Lipinski definition) is 2. The van der Waals surface area contributed by atoms with Crippen molar-refractivity contribution < 1.29 is 9.90 Å². The second-order valence-corrected chi connectivity index (χ2v) is 5.52. The summed E-state index contributed by atoms with van der Waals surface area (Å²) in [5.74, 6) is 0.0796. The van der Waals surface area contributed by atoms with Gasteiger partial charge in [-0.15, -0.1) is 0 Å². The van der Waals surface area contributed by atoms with Gasteiger partial charge in [-0.05, 0) is 32.1 Å². The molecule has 4 heteroatoms. The second-order valence-electron chi connectivity index (χ2n) is 5.52. The molecule has 2 rings (SSSR count). The van der Waals surface area contributed by atoms with Crippen LogP contribution in [-0.2, 0) is 4.79 Å². The molecule has 0 heterocycles. The van der Waals surface area contributed by atoms with E-state index in [-0.39, 0.29) is 12.5 Å². The lowest BCUT2D eigenvalue weighted by Gasteiger charge is -2.43. The number of rotatable bonds is 4. The molecule has 0 atom stereocenters. The fourth-order valence-corrected chi connectivity index (χ4v) is 2.94. The number of aliphatic hydroxyl groups excluding tert-OH is 1. The number of nitrogens with zero attached hydrogens (tertiary/aromatic N) is 1. The smallest absolute Gasteiger partial charge is 0.242 e. The van der Waals surface area contributed by atoms with Crippen molar-refractivity contribution in [1.29, 1.82) is 0 Å². The highest BCUT2D eigenvalue weighted by Crippen LogP contribution is 2.31. The minimum atomic E-state index is -0.650. The Labute approximate surface area is 103 Å². The molecule has 0 spiro atoms. The Morgan fingerprint density at radius 1 is 1.24 bits per heavy atom. The molecule has 17 heavy (non-hydrogen) atoms. The molecule has 2 aliphatic carbocycles. The summed E-state index contributed by atoms with van der Waals surface area (Å²) in [5.41, 5.74) is 5.63. The number of nitrogens with two attached hydrogens (primary N) is 1. The van der Waals surface area contributed by atoms with Crippen LogP contribution in [0.1, 0.15) is 51.4 Å². The Hall–Kier alpha value is -0.610. The minimum absolute atomic E-state index is 0.0400. The van der Waals surface area contributed by atoms with Crippen molar-refractivity contribution in [3.8, 4) is 0 Å². The van der Waals surface area contributed by atoms with Crippen LogP contribution in [0, 0.1) is 0 Å². The van der Waals surface area contributed by atoms with E-state index in [4.69, 9.17) is 10.8 Å². The second kappa shape index (κ2) is 5.36. The number of carbonyl (C=O) groups is 1. The molecule has 2 aliphatic rings. The quantitative estimate of drug-likeness (QED) is 0.771. The number of carbonyl (C=O) groups excluding carboxylic acids is 1. The zero-order chi connectivity index (χ0) is 12.3. The van der Waals surface area contributed by atoms with Crippen molar-refractivity contribution in [2.45, 2.75) is 62.9 Å². The third kappa shape index (κ3) is 2.63. The van der Waals surface area contributed by atoms with E-state index in [0.29, 0.717) is 12.6 Å². The van der Waals surface area contributed by atoms with Crippen LogP contribution in [0.4, 0.5) is 0 Å². The van der Waals surface area contributed by atoms with Gasteiger partial charge >= 0.3 is 0 Å². The number of aliphatic hydroxyl groups is 1. The predicted octanol–water partition coefficient (Wildman–Crippen LogP) is 1.02. The first-order chi connectivity index (χ1) is 8.17. The molecule has 0 aromatic rings. The van der Waals surface area contributed by atoms with Crippen LogP contribution < -0.4 is 5.73 Å². The third-order valence-electron chi connectivity index (χ3n) is 4.29. The van der Waals surface area contributed by atoms with Crippen LogP contribution in [0.5, 0.6) is 0 Å². The van der Waals surface area contributed by atoms with Crippen molar-refractivity contribution >= 4 is 5.91 Å². The maximum Gasteiger partial charge on any atom is 0.242 e. The van der Waals surface area contributed by atoms with Gasteiger partial charge < -0.3 is 15.7 Å². The van der Waals surface area contributed by atoms with Gasteiger partial charge in [-0.2, -0.15) is 0 Å². The number of amides is 1. The Balaban J connectivity index is 2.03. The first-order valence-corrected chi connectivity index (χ1v) is 6.88. The monoisotopic (exact) mass is 240 g/mol. The number of hydrogen-bond acceptors (Lipinski definition) is 3. The standard InChI is InChI=1S/C13H24N2O2/c14-13(7-2-1-3-8-13)12(17)15(9-10-16)11-5-4-6-11/h11,16H,1-10,14H2. The summed E-state index contributed by atoms with van der Waals surface area (Å²) >= 11 is 0. The summed E-state index contributed by atoms with van der Waals surface area (Å²) in [5, 5.41) is 9.10. The van der Waals surface area contributed by atoms with E-state index in [9.17, 15) is 4.79 Å². The van der Waals surface area contributed by atoms with Crippen molar-refractivity contribution in [3.05, 3.63) is 0 Å². The van der Waals surface area contributed by atoms with Crippen molar-refractivity contribution in [2.24, 2.45) is 5.73 Å². The zero-order valence-corrected chi connectivity index (χ0v) is 10.5. The average molecular weight is 240 g/mol. The first-order valence-electron chi connectivity index (χ1n) is 6.88. The van der Waals surface area contributed by atoms with Gasteiger partial charge in [0.1, 0.15) is 0 Å². The summed E-state index contributed by atoms with van der Waals surface area (Å²) in [6.45, 7) is 0.487. The lowest BCUT2D eigenvalue weighted by Crippen LogP contribution is -2.60. The van der Waals surface area contributed by atoms with Crippen molar-refractivity contribution in [2.75, 3.05) is 13.2 Å². The van der Waals surface area contributed by atoms with Crippen LogP contribution in [0.2, 0.25) is 0 Å². The molecule has 0 radical (unpaired) electrons. The Morgan fingerprint density at radius 3 is 2.35 bits per heavy atom. The van der Waals surface area contributed by atoms with E-state index in [1.165, 1.54) is 12.8 Å². The molecule has 2 saturated carbocycles. The summed E-state index contributed by atoms with van der Waals surface area (Å²) in [7, 11) is 0. The SMILES string of the molecule is NC1(C(=O)N(CCO)C2CCC2)CCCCC1. The van der Waals surface area contributed by atoms with Gasteiger partial charge in [-0.25, -0.2) is 0 Å². The van der Waals surface area contributed by atoms with Gasteiger partial charge in [0.2, 0.25) is 5.91 Å². The molecule has 2 fully saturated rings. The lowest BCUT2D eigenvalue weighted by molar-refractivity contribution is -0.143. The van der Waals surface area contributed by atoms with Gasteiger partial charge in [0.15, 0.2) is 0 Å².